The molecule has 0 bridgehead atoms. The lowest BCUT2D eigenvalue weighted by atomic mass is 9.83. The Morgan fingerprint density at radius 3 is 2.95 bits per heavy atom. The standard InChI is InChI=1S/C17H22N2O2/c18-15(17(20)21-9-8-12-4-3-5-12)10-13-11-19-16-7-2-1-6-14(13)16/h1-2,6-7,11-12,15,19H,3-5,8-10,18H2/t15-/m0/s1. The number of carbonyl (C=O) groups excluding carboxylic acids is 1. The van der Waals surface area contributed by atoms with Crippen LogP contribution in [0.4, 0.5) is 0 Å². The fourth-order valence-electron chi connectivity index (χ4n) is 2.84. The number of nitrogens with one attached hydrogen (secondary N) is 1. The maximum absolute atomic E-state index is 11.9. The molecule has 21 heavy (non-hydrogen) atoms. The molecule has 1 saturated carbocycles. The molecule has 0 amide bonds. The second-order valence-electron chi connectivity index (χ2n) is 5.92. The number of para-hydroxylation sites is 1. The largest absolute Gasteiger partial charge is 0.465 e. The van der Waals surface area contributed by atoms with Gasteiger partial charge in [0.1, 0.15) is 6.04 Å². The average molecular weight is 286 g/mol. The van der Waals surface area contributed by atoms with Crippen LogP contribution in [0.3, 0.4) is 0 Å². The van der Waals surface area contributed by atoms with Crippen LogP contribution < -0.4 is 5.73 Å². The second-order valence-corrected chi connectivity index (χ2v) is 5.92. The summed E-state index contributed by atoms with van der Waals surface area (Å²) >= 11 is 0. The van der Waals surface area contributed by atoms with Crippen molar-refractivity contribution in [3.63, 3.8) is 0 Å². The van der Waals surface area contributed by atoms with E-state index in [2.05, 4.69) is 4.98 Å². The van der Waals surface area contributed by atoms with Gasteiger partial charge in [0.15, 0.2) is 0 Å². The minimum Gasteiger partial charge on any atom is -0.465 e. The number of fused-ring (bicyclic) bond motifs is 1. The molecule has 0 spiro atoms. The summed E-state index contributed by atoms with van der Waals surface area (Å²) in [6.07, 6.45) is 7.28. The highest BCUT2D eigenvalue weighted by molar-refractivity contribution is 5.84. The molecule has 1 atom stereocenters. The summed E-state index contributed by atoms with van der Waals surface area (Å²) < 4.78 is 5.30. The molecule has 0 aliphatic heterocycles. The van der Waals surface area contributed by atoms with Gasteiger partial charge in [0.05, 0.1) is 6.61 Å². The van der Waals surface area contributed by atoms with Crippen molar-refractivity contribution >= 4 is 16.9 Å². The first kappa shape index (κ1) is 14.1. The van der Waals surface area contributed by atoms with Crippen LogP contribution in [-0.4, -0.2) is 23.6 Å². The second kappa shape index (κ2) is 6.31. The van der Waals surface area contributed by atoms with Crippen LogP contribution in [0.2, 0.25) is 0 Å². The van der Waals surface area contributed by atoms with Gasteiger partial charge in [-0.05, 0) is 24.0 Å². The van der Waals surface area contributed by atoms with Crippen molar-refractivity contribution in [1.29, 1.82) is 0 Å². The molecule has 4 heteroatoms. The van der Waals surface area contributed by atoms with Crippen molar-refractivity contribution in [3.8, 4) is 0 Å². The van der Waals surface area contributed by atoms with Gasteiger partial charge in [-0.25, -0.2) is 0 Å². The fraction of sp³-hybridized carbons (Fsp3) is 0.471. The van der Waals surface area contributed by atoms with Gasteiger partial charge >= 0.3 is 5.97 Å². The smallest absolute Gasteiger partial charge is 0.323 e. The molecule has 0 saturated heterocycles. The van der Waals surface area contributed by atoms with Crippen LogP contribution >= 0.6 is 0 Å². The van der Waals surface area contributed by atoms with Crippen molar-refractivity contribution in [3.05, 3.63) is 36.0 Å². The Kier molecular flexibility index (Phi) is 4.25. The van der Waals surface area contributed by atoms with E-state index in [9.17, 15) is 4.79 Å². The van der Waals surface area contributed by atoms with E-state index in [0.29, 0.717) is 13.0 Å². The summed E-state index contributed by atoms with van der Waals surface area (Å²) in [5.41, 5.74) is 8.11. The average Bonchev–Trinajstić information content (AvgIpc) is 2.85. The Morgan fingerprint density at radius 2 is 2.19 bits per heavy atom. The topological polar surface area (TPSA) is 68.1 Å². The van der Waals surface area contributed by atoms with Gasteiger partial charge in [-0.3, -0.25) is 4.79 Å². The Balaban J connectivity index is 1.52. The number of benzene rings is 1. The highest BCUT2D eigenvalue weighted by atomic mass is 16.5. The first-order valence-corrected chi connectivity index (χ1v) is 7.71. The molecule has 1 aromatic carbocycles. The summed E-state index contributed by atoms with van der Waals surface area (Å²) in [5.74, 6) is 0.460. The molecule has 1 aliphatic rings. The Hall–Kier alpha value is -1.81. The predicted octanol–water partition coefficient (Wildman–Crippen LogP) is 2.77. The van der Waals surface area contributed by atoms with E-state index in [0.717, 1.165) is 28.8 Å². The number of rotatable bonds is 6. The Labute approximate surface area is 124 Å². The van der Waals surface area contributed by atoms with E-state index in [1.165, 1.54) is 19.3 Å². The summed E-state index contributed by atoms with van der Waals surface area (Å²) in [6, 6.07) is 7.43. The maximum atomic E-state index is 11.9. The van der Waals surface area contributed by atoms with E-state index < -0.39 is 6.04 Å². The highest BCUT2D eigenvalue weighted by Gasteiger charge is 2.20. The maximum Gasteiger partial charge on any atom is 0.323 e. The number of H-pyrrole nitrogens is 1. The Bertz CT molecular complexity index is 616. The van der Waals surface area contributed by atoms with Crippen molar-refractivity contribution in [2.24, 2.45) is 11.7 Å². The van der Waals surface area contributed by atoms with Gasteiger partial charge < -0.3 is 15.5 Å². The summed E-state index contributed by atoms with van der Waals surface area (Å²) in [7, 11) is 0. The molecular formula is C17H22N2O2. The van der Waals surface area contributed by atoms with E-state index in [4.69, 9.17) is 10.5 Å². The van der Waals surface area contributed by atoms with Crippen molar-refractivity contribution in [1.82, 2.24) is 4.98 Å². The lowest BCUT2D eigenvalue weighted by Crippen LogP contribution is -2.34. The number of carbonyl (C=O) groups is 1. The van der Waals surface area contributed by atoms with Crippen LogP contribution in [-0.2, 0) is 16.0 Å². The predicted molar refractivity (Wildman–Crippen MR) is 82.9 cm³/mol. The molecule has 2 aromatic rings. The van der Waals surface area contributed by atoms with Gasteiger partial charge in [-0.2, -0.15) is 0 Å². The lowest BCUT2D eigenvalue weighted by Gasteiger charge is -2.25. The normalized spacial score (nSPS) is 16.6. The van der Waals surface area contributed by atoms with Crippen LogP contribution in [0.1, 0.15) is 31.2 Å². The molecule has 1 fully saturated rings. The van der Waals surface area contributed by atoms with Gasteiger partial charge in [0.2, 0.25) is 0 Å². The molecule has 112 valence electrons. The highest BCUT2D eigenvalue weighted by Crippen LogP contribution is 2.29. The van der Waals surface area contributed by atoms with Crippen molar-refractivity contribution < 1.29 is 9.53 Å². The monoisotopic (exact) mass is 286 g/mol. The summed E-state index contributed by atoms with van der Waals surface area (Å²) in [6.45, 7) is 0.505. The minimum absolute atomic E-state index is 0.292. The van der Waals surface area contributed by atoms with Gasteiger partial charge in [0.25, 0.3) is 0 Å². The number of ether oxygens (including phenoxy) is 1. The fourth-order valence-corrected chi connectivity index (χ4v) is 2.84. The van der Waals surface area contributed by atoms with Crippen LogP contribution in [0.15, 0.2) is 30.5 Å². The molecular weight excluding hydrogens is 264 g/mol. The van der Waals surface area contributed by atoms with Crippen molar-refractivity contribution in [2.45, 2.75) is 38.1 Å². The first-order chi connectivity index (χ1) is 10.2. The van der Waals surface area contributed by atoms with Gasteiger partial charge in [0, 0.05) is 23.5 Å². The van der Waals surface area contributed by atoms with E-state index in [-0.39, 0.29) is 5.97 Å². The molecule has 4 nitrogen and oxygen atoms in total. The molecule has 0 unspecified atom stereocenters. The molecule has 3 rings (SSSR count). The molecule has 1 heterocycles. The van der Waals surface area contributed by atoms with Crippen LogP contribution in [0, 0.1) is 5.92 Å². The minimum atomic E-state index is -0.592. The summed E-state index contributed by atoms with van der Waals surface area (Å²) in [4.78, 5) is 15.1. The number of esters is 1. The quantitative estimate of drug-likeness (QED) is 0.802. The van der Waals surface area contributed by atoms with Gasteiger partial charge in [-0.1, -0.05) is 37.5 Å². The molecule has 0 radical (unpaired) electrons. The molecule has 1 aromatic heterocycles. The molecule has 1 aliphatic carbocycles. The number of hydrogen-bond acceptors (Lipinski definition) is 3. The number of nitrogens with two attached hydrogens (primary N) is 1. The van der Waals surface area contributed by atoms with E-state index in [1.54, 1.807) is 0 Å². The van der Waals surface area contributed by atoms with E-state index in [1.807, 2.05) is 30.5 Å². The third-order valence-electron chi connectivity index (χ3n) is 4.41. The number of aromatic amines is 1. The Morgan fingerprint density at radius 1 is 1.38 bits per heavy atom. The zero-order valence-corrected chi connectivity index (χ0v) is 12.2. The number of hydrogen-bond donors (Lipinski definition) is 2. The van der Waals surface area contributed by atoms with E-state index >= 15 is 0 Å². The first-order valence-electron chi connectivity index (χ1n) is 7.71. The summed E-state index contributed by atoms with van der Waals surface area (Å²) in [5, 5.41) is 1.12. The zero-order valence-electron chi connectivity index (χ0n) is 12.2. The third kappa shape index (κ3) is 3.27. The van der Waals surface area contributed by atoms with Crippen LogP contribution in [0.5, 0.6) is 0 Å². The lowest BCUT2D eigenvalue weighted by molar-refractivity contribution is -0.145. The SMILES string of the molecule is N[C@@H](Cc1c[nH]c2ccccc12)C(=O)OCCC1CCC1. The zero-order chi connectivity index (χ0) is 14.7. The molecule has 3 N–H and O–H groups in total. The third-order valence-corrected chi connectivity index (χ3v) is 4.41. The van der Waals surface area contributed by atoms with Crippen molar-refractivity contribution in [2.75, 3.05) is 6.61 Å². The van der Waals surface area contributed by atoms with Crippen LogP contribution in [0.25, 0.3) is 10.9 Å². The number of aromatic nitrogens is 1. The van der Waals surface area contributed by atoms with Gasteiger partial charge in [-0.15, -0.1) is 0 Å².